The highest BCUT2D eigenvalue weighted by atomic mass is 32.1. The Hall–Kier alpha value is -1.92. The van der Waals surface area contributed by atoms with E-state index in [-0.39, 0.29) is 11.8 Å². The number of aliphatic hydroxyl groups is 1. The third-order valence-corrected chi connectivity index (χ3v) is 4.94. The molecule has 1 aliphatic rings. The number of hydrogen-bond donors (Lipinski definition) is 2. The highest BCUT2D eigenvalue weighted by Gasteiger charge is 2.31. The lowest BCUT2D eigenvalue weighted by Crippen LogP contribution is -2.28. The van der Waals surface area contributed by atoms with Gasteiger partial charge in [-0.25, -0.2) is 4.98 Å². The van der Waals surface area contributed by atoms with Crippen LogP contribution in [0.1, 0.15) is 24.8 Å². The topological polar surface area (TPSA) is 71.5 Å². The zero-order valence-corrected chi connectivity index (χ0v) is 14.0. The minimum Gasteiger partial charge on any atom is -0.496 e. The van der Waals surface area contributed by atoms with Crippen LogP contribution in [0.25, 0.3) is 11.3 Å². The van der Waals surface area contributed by atoms with Gasteiger partial charge in [0.2, 0.25) is 5.91 Å². The molecule has 1 aromatic heterocycles. The Labute approximate surface area is 139 Å². The highest BCUT2D eigenvalue weighted by Crippen LogP contribution is 2.33. The maximum atomic E-state index is 12.2. The van der Waals surface area contributed by atoms with Gasteiger partial charge >= 0.3 is 0 Å². The number of aryl methyl sites for hydroxylation is 1. The first-order chi connectivity index (χ1) is 11.1. The van der Waals surface area contributed by atoms with Crippen LogP contribution in [-0.2, 0) is 4.79 Å². The minimum atomic E-state index is -0.536. The van der Waals surface area contributed by atoms with Gasteiger partial charge in [-0.2, -0.15) is 0 Å². The normalized spacial score (nSPS) is 20.5. The van der Waals surface area contributed by atoms with Crippen molar-refractivity contribution in [2.24, 2.45) is 5.92 Å². The number of aliphatic hydroxyl groups excluding tert-OH is 1. The lowest BCUT2D eigenvalue weighted by atomic mass is 10.1. The number of amides is 1. The number of anilines is 1. The number of carbonyl (C=O) groups excluding carboxylic acids is 1. The van der Waals surface area contributed by atoms with Crippen LogP contribution in [0.3, 0.4) is 0 Å². The van der Waals surface area contributed by atoms with Gasteiger partial charge < -0.3 is 15.2 Å². The lowest BCUT2D eigenvalue weighted by Gasteiger charge is -2.12. The second-order valence-corrected chi connectivity index (χ2v) is 6.69. The van der Waals surface area contributed by atoms with Crippen LogP contribution in [0.2, 0.25) is 0 Å². The molecule has 3 rings (SSSR count). The molecule has 1 saturated carbocycles. The first-order valence-electron chi connectivity index (χ1n) is 7.68. The zero-order valence-electron chi connectivity index (χ0n) is 13.2. The summed E-state index contributed by atoms with van der Waals surface area (Å²) >= 11 is 1.38. The van der Waals surface area contributed by atoms with Crippen LogP contribution >= 0.6 is 11.3 Å². The standard InChI is InChI=1S/C17H20N2O3S/c1-10-6-7-15(22-2)12(8-10)13-9-23-17(18-13)19-16(21)11-4-3-5-14(11)20/h6-9,11,14,20H,3-5H2,1-2H3,(H,18,19,21). The molecule has 2 unspecified atom stereocenters. The van der Waals surface area contributed by atoms with Gasteiger partial charge in [0.05, 0.1) is 24.8 Å². The van der Waals surface area contributed by atoms with Crippen LogP contribution in [0.5, 0.6) is 5.75 Å². The fourth-order valence-corrected chi connectivity index (χ4v) is 3.63. The molecule has 0 bridgehead atoms. The first-order valence-corrected chi connectivity index (χ1v) is 8.56. The van der Waals surface area contributed by atoms with E-state index in [9.17, 15) is 9.90 Å². The van der Waals surface area contributed by atoms with E-state index < -0.39 is 6.10 Å². The number of thiazole rings is 1. The average Bonchev–Trinajstić information content (AvgIpc) is 3.16. The predicted molar refractivity (Wildman–Crippen MR) is 90.8 cm³/mol. The van der Waals surface area contributed by atoms with Gasteiger partial charge in [-0.05, 0) is 38.3 Å². The van der Waals surface area contributed by atoms with Crippen molar-refractivity contribution in [2.45, 2.75) is 32.3 Å². The smallest absolute Gasteiger partial charge is 0.231 e. The molecule has 1 amide bonds. The summed E-state index contributed by atoms with van der Waals surface area (Å²) in [6.45, 7) is 2.01. The van der Waals surface area contributed by atoms with E-state index in [4.69, 9.17) is 4.74 Å². The molecule has 122 valence electrons. The molecule has 1 aliphatic carbocycles. The molecule has 6 heteroatoms. The van der Waals surface area contributed by atoms with E-state index in [1.54, 1.807) is 7.11 Å². The van der Waals surface area contributed by atoms with Gasteiger partial charge in [-0.3, -0.25) is 4.79 Å². The quantitative estimate of drug-likeness (QED) is 0.902. The zero-order chi connectivity index (χ0) is 16.4. The van der Waals surface area contributed by atoms with Crippen molar-refractivity contribution >= 4 is 22.4 Å². The fourth-order valence-electron chi connectivity index (χ4n) is 2.92. The van der Waals surface area contributed by atoms with Gasteiger partial charge in [-0.1, -0.05) is 11.6 Å². The SMILES string of the molecule is COc1ccc(C)cc1-c1csc(NC(=O)C2CCCC2O)n1. The Morgan fingerprint density at radius 3 is 2.96 bits per heavy atom. The summed E-state index contributed by atoms with van der Waals surface area (Å²) in [5.41, 5.74) is 2.80. The van der Waals surface area contributed by atoms with E-state index in [1.165, 1.54) is 11.3 Å². The number of carbonyl (C=O) groups is 1. The second kappa shape index (κ2) is 6.68. The number of nitrogens with one attached hydrogen (secondary N) is 1. The van der Waals surface area contributed by atoms with Crippen molar-refractivity contribution < 1.29 is 14.6 Å². The first kappa shape index (κ1) is 16.0. The second-order valence-electron chi connectivity index (χ2n) is 5.84. The van der Waals surface area contributed by atoms with Crippen molar-refractivity contribution in [3.05, 3.63) is 29.1 Å². The third kappa shape index (κ3) is 3.38. The molecule has 1 fully saturated rings. The van der Waals surface area contributed by atoms with Gasteiger partial charge in [0.15, 0.2) is 5.13 Å². The highest BCUT2D eigenvalue weighted by molar-refractivity contribution is 7.14. The van der Waals surface area contributed by atoms with Crippen molar-refractivity contribution in [3.63, 3.8) is 0 Å². The number of benzene rings is 1. The number of rotatable bonds is 4. The molecule has 5 nitrogen and oxygen atoms in total. The molecule has 0 saturated heterocycles. The molecule has 0 radical (unpaired) electrons. The maximum absolute atomic E-state index is 12.2. The van der Waals surface area contributed by atoms with Crippen LogP contribution in [0, 0.1) is 12.8 Å². The summed E-state index contributed by atoms with van der Waals surface area (Å²) in [4.78, 5) is 16.7. The van der Waals surface area contributed by atoms with Crippen LogP contribution < -0.4 is 10.1 Å². The number of ether oxygens (including phenoxy) is 1. The maximum Gasteiger partial charge on any atom is 0.231 e. The van der Waals surface area contributed by atoms with Crippen molar-refractivity contribution in [2.75, 3.05) is 12.4 Å². The number of hydrogen-bond acceptors (Lipinski definition) is 5. The van der Waals surface area contributed by atoms with Crippen molar-refractivity contribution in [1.82, 2.24) is 4.98 Å². The monoisotopic (exact) mass is 332 g/mol. The molecule has 1 aromatic carbocycles. The third-order valence-electron chi connectivity index (χ3n) is 4.18. The molecule has 2 atom stereocenters. The molecular weight excluding hydrogens is 312 g/mol. The van der Waals surface area contributed by atoms with E-state index in [0.29, 0.717) is 11.6 Å². The Morgan fingerprint density at radius 2 is 2.26 bits per heavy atom. The van der Waals surface area contributed by atoms with E-state index in [2.05, 4.69) is 10.3 Å². The Bertz CT molecular complexity index is 714. The van der Waals surface area contributed by atoms with Crippen LogP contribution in [-0.4, -0.2) is 29.2 Å². The van der Waals surface area contributed by atoms with Crippen molar-refractivity contribution in [3.8, 4) is 17.0 Å². The largest absolute Gasteiger partial charge is 0.496 e. The molecular formula is C17H20N2O3S. The summed E-state index contributed by atoms with van der Waals surface area (Å²) in [6.07, 6.45) is 1.79. The van der Waals surface area contributed by atoms with E-state index in [1.807, 2.05) is 30.5 Å². The Morgan fingerprint density at radius 1 is 1.43 bits per heavy atom. The Balaban J connectivity index is 1.78. The van der Waals surface area contributed by atoms with Crippen LogP contribution in [0.4, 0.5) is 5.13 Å². The van der Waals surface area contributed by atoms with Gasteiger partial charge in [-0.15, -0.1) is 11.3 Å². The lowest BCUT2D eigenvalue weighted by molar-refractivity contribution is -0.122. The summed E-state index contributed by atoms with van der Waals surface area (Å²) in [6, 6.07) is 5.91. The van der Waals surface area contributed by atoms with Gasteiger partial charge in [0.25, 0.3) is 0 Å². The molecule has 1 heterocycles. The minimum absolute atomic E-state index is 0.146. The fraction of sp³-hybridized carbons (Fsp3) is 0.412. The average molecular weight is 332 g/mol. The molecule has 0 aliphatic heterocycles. The molecule has 23 heavy (non-hydrogen) atoms. The number of aromatic nitrogens is 1. The van der Waals surface area contributed by atoms with E-state index >= 15 is 0 Å². The summed E-state index contributed by atoms with van der Waals surface area (Å²) in [5, 5.41) is 15.1. The molecule has 0 spiro atoms. The van der Waals surface area contributed by atoms with Crippen LogP contribution in [0.15, 0.2) is 23.6 Å². The molecule has 2 N–H and O–H groups in total. The number of nitrogens with zero attached hydrogens (tertiary/aromatic N) is 1. The Kier molecular flexibility index (Phi) is 4.63. The van der Waals surface area contributed by atoms with Gasteiger partial charge in [0, 0.05) is 10.9 Å². The molecule has 2 aromatic rings. The summed E-state index contributed by atoms with van der Waals surface area (Å²) in [5.74, 6) is 0.285. The summed E-state index contributed by atoms with van der Waals surface area (Å²) in [7, 11) is 1.63. The van der Waals surface area contributed by atoms with Crippen molar-refractivity contribution in [1.29, 1.82) is 0 Å². The van der Waals surface area contributed by atoms with E-state index in [0.717, 1.165) is 35.4 Å². The van der Waals surface area contributed by atoms with Gasteiger partial charge in [0.1, 0.15) is 5.75 Å². The number of methoxy groups -OCH3 is 1. The predicted octanol–water partition coefficient (Wildman–Crippen LogP) is 3.23. The summed E-state index contributed by atoms with van der Waals surface area (Å²) < 4.78 is 5.38.